The highest BCUT2D eigenvalue weighted by molar-refractivity contribution is 5.15. The van der Waals surface area contributed by atoms with Gasteiger partial charge in [-0.05, 0) is 31.6 Å². The van der Waals surface area contributed by atoms with Crippen molar-refractivity contribution in [3.05, 3.63) is 49.0 Å². The number of hydrogen-bond donors (Lipinski definition) is 2. The van der Waals surface area contributed by atoms with Gasteiger partial charge in [-0.2, -0.15) is 0 Å². The summed E-state index contributed by atoms with van der Waals surface area (Å²) in [5, 5.41) is 7.12. The quantitative estimate of drug-likeness (QED) is 0.403. The zero-order chi connectivity index (χ0) is 20.4. The molecule has 0 fully saturated rings. The molecule has 0 aromatic rings. The predicted octanol–water partition coefficient (Wildman–Crippen LogP) is 5.45. The summed E-state index contributed by atoms with van der Waals surface area (Å²) in [6.07, 6.45) is 1.99. The highest BCUT2D eigenvalue weighted by Gasteiger charge is 2.23. The monoisotopic (exact) mass is 361 g/mol. The van der Waals surface area contributed by atoms with Crippen molar-refractivity contribution in [3.63, 3.8) is 0 Å². The molecule has 0 saturated carbocycles. The van der Waals surface area contributed by atoms with Crippen LogP contribution in [0.2, 0.25) is 0 Å². The Morgan fingerprint density at radius 3 is 1.73 bits per heavy atom. The fourth-order valence-corrected chi connectivity index (χ4v) is 3.10. The third kappa shape index (κ3) is 8.16. The average Bonchev–Trinajstić information content (AvgIpc) is 2.55. The van der Waals surface area contributed by atoms with Gasteiger partial charge in [-0.1, -0.05) is 73.4 Å². The van der Waals surface area contributed by atoms with E-state index < -0.39 is 0 Å². The largest absolute Gasteiger partial charge is 0.381 e. The van der Waals surface area contributed by atoms with Crippen LogP contribution in [-0.4, -0.2) is 30.1 Å². The van der Waals surface area contributed by atoms with E-state index in [4.69, 9.17) is 0 Å². The van der Waals surface area contributed by atoms with Gasteiger partial charge >= 0.3 is 0 Å². The second kappa shape index (κ2) is 11.9. The molecule has 2 atom stereocenters. The van der Waals surface area contributed by atoms with E-state index in [1.165, 1.54) is 0 Å². The van der Waals surface area contributed by atoms with Gasteiger partial charge in [-0.3, -0.25) is 0 Å². The lowest BCUT2D eigenvalue weighted by molar-refractivity contribution is 0.301. The molecule has 0 spiro atoms. The molecule has 2 unspecified atom stereocenters. The zero-order valence-electron chi connectivity index (χ0n) is 18.4. The Balaban J connectivity index is 5.19. The third-order valence-corrected chi connectivity index (χ3v) is 4.65. The summed E-state index contributed by atoms with van der Waals surface area (Å²) in [5.74, 6) is 0.912. The van der Waals surface area contributed by atoms with Gasteiger partial charge in [-0.25, -0.2) is 0 Å². The lowest BCUT2D eigenvalue weighted by Gasteiger charge is -2.36. The third-order valence-electron chi connectivity index (χ3n) is 4.65. The first kappa shape index (κ1) is 24.4. The Hall–Kier alpha value is -1.64. The maximum atomic E-state index is 4.42. The summed E-state index contributed by atoms with van der Waals surface area (Å²) in [6.45, 7) is 33.9. The van der Waals surface area contributed by atoms with Crippen LogP contribution in [0.4, 0.5) is 0 Å². The lowest BCUT2D eigenvalue weighted by Crippen LogP contribution is -2.44. The van der Waals surface area contributed by atoms with Crippen LogP contribution >= 0.6 is 0 Å². The van der Waals surface area contributed by atoms with Crippen LogP contribution in [0.25, 0.3) is 0 Å². The number of nitrogens with one attached hydrogen (secondary N) is 2. The Kier molecular flexibility index (Phi) is 11.1. The molecule has 0 radical (unpaired) electrons. The number of nitrogens with zero attached hydrogens (tertiary/aromatic N) is 1. The van der Waals surface area contributed by atoms with Gasteiger partial charge in [0, 0.05) is 29.7 Å². The van der Waals surface area contributed by atoms with E-state index in [-0.39, 0.29) is 12.1 Å². The molecule has 3 heteroatoms. The molecular formula is C23H43N3. The molecule has 150 valence electrons. The first-order valence-electron chi connectivity index (χ1n) is 10.0. The minimum atomic E-state index is 0.184. The Bertz CT molecular complexity index is 488. The molecule has 0 rings (SSSR count). The fourth-order valence-electron chi connectivity index (χ4n) is 3.10. The van der Waals surface area contributed by atoms with E-state index in [1.54, 1.807) is 0 Å². The van der Waals surface area contributed by atoms with Crippen LogP contribution in [0.5, 0.6) is 0 Å². The van der Waals surface area contributed by atoms with Gasteiger partial charge in [0.25, 0.3) is 0 Å². The molecule has 0 saturated heterocycles. The molecule has 0 aliphatic rings. The Labute approximate surface area is 163 Å². The molecular weight excluding hydrogens is 318 g/mol. The van der Waals surface area contributed by atoms with Crippen molar-refractivity contribution in [2.45, 2.75) is 73.4 Å². The van der Waals surface area contributed by atoms with Gasteiger partial charge < -0.3 is 15.5 Å². The molecule has 2 N–H and O–H groups in total. The Morgan fingerprint density at radius 2 is 1.35 bits per heavy atom. The average molecular weight is 362 g/mol. The van der Waals surface area contributed by atoms with Crippen molar-refractivity contribution in [1.29, 1.82) is 0 Å². The van der Waals surface area contributed by atoms with Crippen molar-refractivity contribution >= 4 is 0 Å². The van der Waals surface area contributed by atoms with E-state index >= 15 is 0 Å². The van der Waals surface area contributed by atoms with E-state index in [1.807, 2.05) is 0 Å². The topological polar surface area (TPSA) is 27.3 Å². The SMILES string of the molecule is C=C(CN(CCC)C(=C)C(NC(=C)CC)C(C)C)NC(C(=C)C)C(C)C. The first-order chi connectivity index (χ1) is 12.0. The molecule has 0 heterocycles. The molecule has 0 amide bonds. The van der Waals surface area contributed by atoms with Crippen LogP contribution in [0, 0.1) is 11.8 Å². The highest BCUT2D eigenvalue weighted by Crippen LogP contribution is 2.19. The van der Waals surface area contributed by atoms with Crippen LogP contribution in [-0.2, 0) is 0 Å². The summed E-state index contributed by atoms with van der Waals surface area (Å²) in [7, 11) is 0. The number of hydrogen-bond acceptors (Lipinski definition) is 3. The van der Waals surface area contributed by atoms with Gasteiger partial charge in [0.1, 0.15) is 0 Å². The van der Waals surface area contributed by atoms with Crippen LogP contribution in [0.3, 0.4) is 0 Å². The molecule has 0 aromatic heterocycles. The second-order valence-electron chi connectivity index (χ2n) is 8.05. The van der Waals surface area contributed by atoms with Crippen LogP contribution in [0.1, 0.15) is 61.3 Å². The molecule has 0 bridgehead atoms. The zero-order valence-corrected chi connectivity index (χ0v) is 18.4. The summed E-state index contributed by atoms with van der Waals surface area (Å²) >= 11 is 0. The van der Waals surface area contributed by atoms with Gasteiger partial charge in [0.2, 0.25) is 0 Å². The maximum absolute atomic E-state index is 4.42. The summed E-state index contributed by atoms with van der Waals surface area (Å²) in [5.41, 5.74) is 4.32. The fraction of sp³-hybridized carbons (Fsp3) is 0.652. The molecule has 0 aromatic carbocycles. The molecule has 0 aliphatic heterocycles. The number of allylic oxidation sites excluding steroid dienone is 1. The molecule has 3 nitrogen and oxygen atoms in total. The summed E-state index contributed by atoms with van der Waals surface area (Å²) in [4.78, 5) is 2.34. The van der Waals surface area contributed by atoms with Crippen molar-refractivity contribution in [2.75, 3.05) is 13.1 Å². The van der Waals surface area contributed by atoms with Crippen molar-refractivity contribution in [3.8, 4) is 0 Å². The van der Waals surface area contributed by atoms with Crippen molar-refractivity contribution < 1.29 is 0 Å². The molecule has 0 aliphatic carbocycles. The summed E-state index contributed by atoms with van der Waals surface area (Å²) < 4.78 is 0. The second-order valence-corrected chi connectivity index (χ2v) is 8.05. The normalized spacial score (nSPS) is 13.3. The van der Waals surface area contributed by atoms with Crippen molar-refractivity contribution in [2.24, 2.45) is 11.8 Å². The highest BCUT2D eigenvalue weighted by atomic mass is 15.2. The van der Waals surface area contributed by atoms with Gasteiger partial charge in [0.15, 0.2) is 0 Å². The van der Waals surface area contributed by atoms with Gasteiger partial charge in [-0.15, -0.1) is 0 Å². The van der Waals surface area contributed by atoms with Crippen LogP contribution in [0.15, 0.2) is 49.0 Å². The minimum absolute atomic E-state index is 0.184. The predicted molar refractivity (Wildman–Crippen MR) is 118 cm³/mol. The minimum Gasteiger partial charge on any atom is -0.381 e. The van der Waals surface area contributed by atoms with E-state index in [0.717, 1.165) is 48.6 Å². The van der Waals surface area contributed by atoms with Crippen molar-refractivity contribution in [1.82, 2.24) is 15.5 Å². The van der Waals surface area contributed by atoms with E-state index in [9.17, 15) is 0 Å². The smallest absolute Gasteiger partial charge is 0.0675 e. The first-order valence-corrected chi connectivity index (χ1v) is 10.0. The number of rotatable bonds is 14. The van der Waals surface area contributed by atoms with Crippen LogP contribution < -0.4 is 10.6 Å². The lowest BCUT2D eigenvalue weighted by atomic mass is 9.97. The van der Waals surface area contributed by atoms with Gasteiger partial charge in [0.05, 0.1) is 12.6 Å². The van der Waals surface area contributed by atoms with E-state index in [0.29, 0.717) is 11.8 Å². The standard InChI is InChI=1S/C23H43N3/c1-12-14-26(15-20(10)25-22(16(3)4)17(5)6)21(11)23(18(7)8)24-19(9)13-2/h17-18,22-25H,3,9-15H2,1-2,4-8H3. The molecule has 26 heavy (non-hydrogen) atoms. The Morgan fingerprint density at radius 1 is 0.846 bits per heavy atom. The summed E-state index contributed by atoms with van der Waals surface area (Å²) in [6, 6.07) is 0.432. The maximum Gasteiger partial charge on any atom is 0.0675 e. The van der Waals surface area contributed by atoms with E-state index in [2.05, 4.69) is 90.3 Å².